The molecule has 3 N–H and O–H groups in total. The number of hydrogen-bond donors (Lipinski definition) is 2. The molecular weight excluding hydrogens is 327 g/mol. The molecule has 0 fully saturated rings. The van der Waals surface area contributed by atoms with Gasteiger partial charge in [0.05, 0.1) is 21.0 Å². The van der Waals surface area contributed by atoms with Gasteiger partial charge < -0.3 is 11.1 Å². The number of carbonyl (C=O) groups excluding carboxylic acids is 1. The van der Waals surface area contributed by atoms with Gasteiger partial charge in [0.25, 0.3) is 0 Å². The van der Waals surface area contributed by atoms with Crippen molar-refractivity contribution in [1.29, 1.82) is 0 Å². The molecule has 2 rings (SSSR count). The quantitative estimate of drug-likeness (QED) is 0.626. The number of anilines is 2. The van der Waals surface area contributed by atoms with E-state index in [2.05, 4.69) is 5.32 Å². The fourth-order valence-electron chi connectivity index (χ4n) is 1.68. The van der Waals surface area contributed by atoms with Gasteiger partial charge in [-0.05, 0) is 37.3 Å². The van der Waals surface area contributed by atoms with Crippen LogP contribution in [0.15, 0.2) is 47.4 Å². The molecule has 0 aliphatic heterocycles. The number of thioether (sulfide) groups is 1. The van der Waals surface area contributed by atoms with Crippen LogP contribution in [0.1, 0.15) is 6.92 Å². The van der Waals surface area contributed by atoms with E-state index in [9.17, 15) is 4.79 Å². The third kappa shape index (κ3) is 4.30. The number of hydrogen-bond acceptors (Lipinski definition) is 3. The molecule has 0 aliphatic rings. The van der Waals surface area contributed by atoms with Crippen LogP contribution in [-0.4, -0.2) is 11.2 Å². The maximum Gasteiger partial charge on any atom is 0.237 e. The number of nitrogens with two attached hydrogens (primary N) is 1. The lowest BCUT2D eigenvalue weighted by atomic mass is 10.3. The topological polar surface area (TPSA) is 55.1 Å². The molecule has 2 aromatic rings. The highest BCUT2D eigenvalue weighted by Gasteiger charge is 2.16. The maximum atomic E-state index is 12.2. The van der Waals surface area contributed by atoms with Gasteiger partial charge in [0.1, 0.15) is 0 Å². The van der Waals surface area contributed by atoms with Gasteiger partial charge in [0.2, 0.25) is 5.91 Å². The summed E-state index contributed by atoms with van der Waals surface area (Å²) < 4.78 is 0. The van der Waals surface area contributed by atoms with Crippen molar-refractivity contribution in [3.8, 4) is 0 Å². The van der Waals surface area contributed by atoms with Crippen molar-refractivity contribution in [3.05, 3.63) is 52.5 Å². The molecule has 1 unspecified atom stereocenters. The minimum absolute atomic E-state index is 0.147. The van der Waals surface area contributed by atoms with E-state index in [1.54, 1.807) is 24.3 Å². The molecule has 0 bridgehead atoms. The van der Waals surface area contributed by atoms with Crippen LogP contribution in [0.4, 0.5) is 11.4 Å². The van der Waals surface area contributed by atoms with Crippen molar-refractivity contribution in [2.45, 2.75) is 17.1 Å². The summed E-state index contributed by atoms with van der Waals surface area (Å²) in [4.78, 5) is 13.1. The van der Waals surface area contributed by atoms with Gasteiger partial charge in [0.15, 0.2) is 0 Å². The van der Waals surface area contributed by atoms with E-state index in [1.165, 1.54) is 11.8 Å². The molecule has 1 amide bonds. The molecule has 0 spiro atoms. The van der Waals surface area contributed by atoms with E-state index in [0.717, 1.165) is 4.90 Å². The van der Waals surface area contributed by atoms with E-state index < -0.39 is 0 Å². The van der Waals surface area contributed by atoms with E-state index in [-0.39, 0.29) is 11.2 Å². The van der Waals surface area contributed by atoms with E-state index in [4.69, 9.17) is 28.9 Å². The Morgan fingerprint density at radius 2 is 1.95 bits per heavy atom. The summed E-state index contributed by atoms with van der Waals surface area (Å²) in [5, 5.41) is 3.24. The molecule has 6 heteroatoms. The molecule has 0 heterocycles. The second-order valence-corrected chi connectivity index (χ2v) is 6.62. The number of nitrogen functional groups attached to an aromatic ring is 1. The van der Waals surface area contributed by atoms with Gasteiger partial charge >= 0.3 is 0 Å². The predicted molar refractivity (Wildman–Crippen MR) is 91.3 cm³/mol. The maximum absolute atomic E-state index is 12.2. The first-order valence-corrected chi connectivity index (χ1v) is 7.88. The standard InChI is InChI=1S/C15H14Cl2N2OS/c1-9(21-11-5-2-4-10(18)8-11)15(20)19-13-7-3-6-12(16)14(13)17/h2-9H,18H2,1H3,(H,19,20). The first-order valence-electron chi connectivity index (χ1n) is 6.24. The van der Waals surface area contributed by atoms with Crippen molar-refractivity contribution in [3.63, 3.8) is 0 Å². The average Bonchev–Trinajstić information content (AvgIpc) is 2.44. The van der Waals surface area contributed by atoms with E-state index in [0.29, 0.717) is 21.4 Å². The summed E-state index contributed by atoms with van der Waals surface area (Å²) in [6, 6.07) is 12.5. The summed E-state index contributed by atoms with van der Waals surface area (Å²) in [6.07, 6.45) is 0. The van der Waals surface area contributed by atoms with Gasteiger partial charge in [-0.25, -0.2) is 0 Å². The van der Waals surface area contributed by atoms with Gasteiger partial charge in [-0.3, -0.25) is 4.79 Å². The zero-order chi connectivity index (χ0) is 15.4. The first kappa shape index (κ1) is 16.0. The van der Waals surface area contributed by atoms with Crippen LogP contribution in [-0.2, 0) is 4.79 Å². The molecular formula is C15H14Cl2N2OS. The third-order valence-corrected chi connectivity index (χ3v) is 4.66. The minimum Gasteiger partial charge on any atom is -0.399 e. The molecule has 0 aromatic heterocycles. The van der Waals surface area contributed by atoms with E-state index >= 15 is 0 Å². The Morgan fingerprint density at radius 3 is 2.67 bits per heavy atom. The van der Waals surface area contributed by atoms with Crippen LogP contribution in [0.3, 0.4) is 0 Å². The van der Waals surface area contributed by atoms with Crippen LogP contribution < -0.4 is 11.1 Å². The highest BCUT2D eigenvalue weighted by atomic mass is 35.5. The first-order chi connectivity index (χ1) is 9.97. The fraction of sp³-hybridized carbons (Fsp3) is 0.133. The van der Waals surface area contributed by atoms with Crippen LogP contribution in [0.25, 0.3) is 0 Å². The Bertz CT molecular complexity index is 664. The Labute approximate surface area is 137 Å². The Morgan fingerprint density at radius 1 is 1.24 bits per heavy atom. The van der Waals surface area contributed by atoms with Crippen molar-refractivity contribution in [2.75, 3.05) is 11.1 Å². The zero-order valence-electron chi connectivity index (χ0n) is 11.3. The average molecular weight is 341 g/mol. The van der Waals surface area contributed by atoms with Crippen molar-refractivity contribution in [2.24, 2.45) is 0 Å². The Kier molecular flexibility index (Phi) is 5.39. The van der Waals surface area contributed by atoms with Crippen LogP contribution in [0, 0.1) is 0 Å². The third-order valence-electron chi connectivity index (χ3n) is 2.75. The van der Waals surface area contributed by atoms with Crippen LogP contribution in [0.2, 0.25) is 10.0 Å². The van der Waals surface area contributed by atoms with Gasteiger partial charge in [-0.1, -0.05) is 35.3 Å². The number of benzene rings is 2. The number of halogens is 2. The van der Waals surface area contributed by atoms with Crippen LogP contribution in [0.5, 0.6) is 0 Å². The smallest absolute Gasteiger partial charge is 0.237 e. The summed E-state index contributed by atoms with van der Waals surface area (Å²) in [5.74, 6) is -0.147. The second-order valence-electron chi connectivity index (χ2n) is 4.42. The number of amides is 1. The van der Waals surface area contributed by atoms with Crippen molar-refractivity contribution >= 4 is 52.2 Å². The second kappa shape index (κ2) is 7.07. The van der Waals surface area contributed by atoms with Gasteiger partial charge in [-0.15, -0.1) is 11.8 Å². The fourth-order valence-corrected chi connectivity index (χ4v) is 2.96. The van der Waals surface area contributed by atoms with Crippen molar-refractivity contribution in [1.82, 2.24) is 0 Å². The summed E-state index contributed by atoms with van der Waals surface area (Å²) in [5.41, 5.74) is 6.90. The van der Waals surface area contributed by atoms with Crippen molar-refractivity contribution < 1.29 is 4.79 Å². The number of nitrogens with one attached hydrogen (secondary N) is 1. The molecule has 0 radical (unpaired) electrons. The summed E-state index contributed by atoms with van der Waals surface area (Å²) in [6.45, 7) is 1.82. The largest absolute Gasteiger partial charge is 0.399 e. The van der Waals surface area contributed by atoms with E-state index in [1.807, 2.05) is 25.1 Å². The van der Waals surface area contributed by atoms with Gasteiger partial charge in [-0.2, -0.15) is 0 Å². The number of carbonyl (C=O) groups is 1. The lowest BCUT2D eigenvalue weighted by Crippen LogP contribution is -2.22. The molecule has 0 saturated carbocycles. The minimum atomic E-state index is -0.290. The lowest BCUT2D eigenvalue weighted by Gasteiger charge is -2.13. The number of rotatable bonds is 4. The Hall–Kier alpha value is -1.36. The molecule has 2 aromatic carbocycles. The normalized spacial score (nSPS) is 12.0. The zero-order valence-corrected chi connectivity index (χ0v) is 13.6. The molecule has 0 aliphatic carbocycles. The molecule has 110 valence electrons. The predicted octanol–water partition coefficient (Wildman–Crippen LogP) is 4.69. The molecule has 0 saturated heterocycles. The monoisotopic (exact) mass is 340 g/mol. The highest BCUT2D eigenvalue weighted by Crippen LogP contribution is 2.31. The summed E-state index contributed by atoms with van der Waals surface area (Å²) in [7, 11) is 0. The van der Waals surface area contributed by atoms with Crippen LogP contribution >= 0.6 is 35.0 Å². The SMILES string of the molecule is CC(Sc1cccc(N)c1)C(=O)Nc1cccc(Cl)c1Cl. The lowest BCUT2D eigenvalue weighted by molar-refractivity contribution is -0.115. The van der Waals surface area contributed by atoms with Gasteiger partial charge in [0, 0.05) is 10.6 Å². The molecule has 3 nitrogen and oxygen atoms in total. The Balaban J connectivity index is 2.04. The summed E-state index contributed by atoms with van der Waals surface area (Å²) >= 11 is 13.4. The molecule has 1 atom stereocenters. The molecule has 21 heavy (non-hydrogen) atoms. The highest BCUT2D eigenvalue weighted by molar-refractivity contribution is 8.00.